The Kier molecular flexibility index (Phi) is 7.34. The standard InChI is InChI=1S/C20H27F4N7OS2/c21-13(22)16(27)33-17(28)15(26)31-8-11(34-29-20(1-2-20)18(23)24)7-12(14(31)25)30-5-3-19(4-6-30)9-32-10-19/h7-8,13,17-18,25-27,29H,1-6,9-10,28H2. The summed E-state index contributed by atoms with van der Waals surface area (Å²) in [6, 6.07) is 1.72. The minimum atomic E-state index is -3.01. The normalized spacial score (nSPS) is 21.6. The van der Waals surface area contributed by atoms with Crippen LogP contribution in [0.3, 0.4) is 0 Å². The van der Waals surface area contributed by atoms with Gasteiger partial charge in [-0.3, -0.25) is 20.8 Å². The Bertz CT molecular complexity index is 1000. The molecular weight excluding hydrogens is 494 g/mol. The van der Waals surface area contributed by atoms with Gasteiger partial charge in [0.25, 0.3) is 12.9 Å². The molecule has 2 aliphatic heterocycles. The molecule has 1 atom stereocenters. The maximum atomic E-state index is 13.4. The minimum Gasteiger partial charge on any atom is -0.380 e. The van der Waals surface area contributed by atoms with Crippen molar-refractivity contribution < 1.29 is 22.3 Å². The van der Waals surface area contributed by atoms with E-state index in [1.165, 1.54) is 10.8 Å². The Morgan fingerprint density at radius 2 is 1.76 bits per heavy atom. The third-order valence-electron chi connectivity index (χ3n) is 6.56. The number of thioether (sulfide) groups is 1. The average Bonchev–Trinajstić information content (AvgIpc) is 3.58. The molecule has 1 unspecified atom stereocenters. The van der Waals surface area contributed by atoms with Crippen LogP contribution in [0.25, 0.3) is 0 Å². The molecule has 0 aromatic carbocycles. The number of alkyl halides is 4. The lowest BCUT2D eigenvalue weighted by atomic mass is 9.77. The lowest BCUT2D eigenvalue weighted by Gasteiger charge is -2.47. The number of ether oxygens (including phenoxy) is 1. The van der Waals surface area contributed by atoms with Gasteiger partial charge < -0.3 is 15.4 Å². The predicted molar refractivity (Wildman–Crippen MR) is 124 cm³/mol. The van der Waals surface area contributed by atoms with Crippen molar-refractivity contribution in [3.63, 3.8) is 0 Å². The van der Waals surface area contributed by atoms with E-state index in [9.17, 15) is 17.6 Å². The van der Waals surface area contributed by atoms with Crippen LogP contribution in [0.2, 0.25) is 0 Å². The number of halogens is 4. The van der Waals surface area contributed by atoms with E-state index >= 15 is 0 Å². The SMILES string of the molecule is N=C(SC(N)C(=N)n1cc(SNC2(C(F)F)CC2)cc(N2CCC3(CC2)COC3)c1=N)C(F)F. The van der Waals surface area contributed by atoms with Gasteiger partial charge in [-0.15, -0.1) is 0 Å². The summed E-state index contributed by atoms with van der Waals surface area (Å²) in [6.45, 7) is 2.78. The highest BCUT2D eigenvalue weighted by atomic mass is 32.2. The summed E-state index contributed by atoms with van der Waals surface area (Å²) in [4.78, 5) is 2.51. The Balaban J connectivity index is 1.60. The number of anilines is 1. The Morgan fingerprint density at radius 3 is 2.26 bits per heavy atom. The van der Waals surface area contributed by atoms with Crippen molar-refractivity contribution in [2.75, 3.05) is 31.2 Å². The predicted octanol–water partition coefficient (Wildman–Crippen LogP) is 3.06. The molecule has 6 N–H and O–H groups in total. The third-order valence-corrected chi connectivity index (χ3v) is 8.44. The van der Waals surface area contributed by atoms with Crippen molar-refractivity contribution in [3.8, 4) is 0 Å². The van der Waals surface area contributed by atoms with Crippen LogP contribution >= 0.6 is 23.7 Å². The highest BCUT2D eigenvalue weighted by molar-refractivity contribution is 8.15. The maximum absolute atomic E-state index is 13.4. The van der Waals surface area contributed by atoms with Crippen LogP contribution in [0.4, 0.5) is 23.2 Å². The van der Waals surface area contributed by atoms with Gasteiger partial charge in [0, 0.05) is 29.6 Å². The van der Waals surface area contributed by atoms with Gasteiger partial charge in [-0.25, -0.2) is 22.3 Å². The molecule has 3 aliphatic rings. The molecule has 1 aromatic rings. The molecule has 4 rings (SSSR count). The first-order chi connectivity index (χ1) is 16.1. The van der Waals surface area contributed by atoms with E-state index in [0.717, 1.165) is 38.0 Å². The van der Waals surface area contributed by atoms with E-state index in [1.807, 2.05) is 4.90 Å². The number of hydrogen-bond acceptors (Lipinski definition) is 9. The van der Waals surface area contributed by atoms with Crippen LogP contribution in [0, 0.1) is 21.6 Å². The average molecular weight is 522 g/mol. The quantitative estimate of drug-likeness (QED) is 0.118. The van der Waals surface area contributed by atoms with Crippen LogP contribution in [0.5, 0.6) is 0 Å². The lowest BCUT2D eigenvalue weighted by molar-refractivity contribution is -0.124. The molecule has 2 saturated heterocycles. The minimum absolute atomic E-state index is 0.0511. The summed E-state index contributed by atoms with van der Waals surface area (Å²) >= 11 is 1.34. The second-order valence-electron chi connectivity index (χ2n) is 9.01. The zero-order valence-corrected chi connectivity index (χ0v) is 19.9. The number of piperidine rings is 1. The molecule has 0 bridgehead atoms. The van der Waals surface area contributed by atoms with E-state index < -0.39 is 28.8 Å². The molecule has 0 radical (unpaired) electrons. The van der Waals surface area contributed by atoms with Crippen LogP contribution in [-0.2, 0) is 4.74 Å². The smallest absolute Gasteiger partial charge is 0.285 e. The Hall–Kier alpha value is -1.61. The van der Waals surface area contributed by atoms with Crippen LogP contribution in [0.1, 0.15) is 25.7 Å². The van der Waals surface area contributed by atoms with Crippen molar-refractivity contribution in [1.82, 2.24) is 9.29 Å². The summed E-state index contributed by atoms with van der Waals surface area (Å²) in [5.74, 6) is -0.347. The number of hydrogen-bond donors (Lipinski definition) is 5. The first-order valence-corrected chi connectivity index (χ1v) is 12.5. The summed E-state index contributed by atoms with van der Waals surface area (Å²) in [5, 5.41) is 22.2. The van der Waals surface area contributed by atoms with Gasteiger partial charge in [0.2, 0.25) is 0 Å². The van der Waals surface area contributed by atoms with Gasteiger partial charge in [0.05, 0.1) is 24.4 Å². The van der Waals surface area contributed by atoms with E-state index in [2.05, 4.69) is 4.72 Å². The largest absolute Gasteiger partial charge is 0.380 e. The Morgan fingerprint density at radius 1 is 1.12 bits per heavy atom. The molecule has 8 nitrogen and oxygen atoms in total. The lowest BCUT2D eigenvalue weighted by Crippen LogP contribution is -2.52. The second kappa shape index (κ2) is 9.80. The van der Waals surface area contributed by atoms with Crippen molar-refractivity contribution in [2.45, 2.75) is 54.3 Å². The number of aromatic nitrogens is 1. The van der Waals surface area contributed by atoms with Crippen LogP contribution in [-0.4, -0.2) is 65.5 Å². The van der Waals surface area contributed by atoms with E-state index in [0.29, 0.717) is 48.3 Å². The number of nitrogens with two attached hydrogens (primary N) is 1. The fraction of sp³-hybridized carbons (Fsp3) is 0.650. The van der Waals surface area contributed by atoms with Crippen molar-refractivity contribution >= 4 is 40.3 Å². The molecule has 3 fully saturated rings. The van der Waals surface area contributed by atoms with E-state index in [4.69, 9.17) is 26.7 Å². The molecule has 34 heavy (non-hydrogen) atoms. The monoisotopic (exact) mass is 521 g/mol. The zero-order valence-electron chi connectivity index (χ0n) is 18.3. The second-order valence-corrected chi connectivity index (χ2v) is 11.1. The molecular formula is C20H27F4N7OS2. The van der Waals surface area contributed by atoms with Gasteiger partial charge in [-0.2, -0.15) is 0 Å². The number of nitrogens with one attached hydrogen (secondary N) is 4. The molecule has 14 heteroatoms. The summed E-state index contributed by atoms with van der Waals surface area (Å²) in [5.41, 5.74) is 5.28. The van der Waals surface area contributed by atoms with Crippen LogP contribution < -0.4 is 20.8 Å². The van der Waals surface area contributed by atoms with E-state index in [-0.39, 0.29) is 16.7 Å². The number of nitrogens with zero attached hydrogens (tertiary/aromatic N) is 2. The van der Waals surface area contributed by atoms with Gasteiger partial charge >= 0.3 is 0 Å². The molecule has 0 amide bonds. The van der Waals surface area contributed by atoms with Crippen molar-refractivity contribution in [3.05, 3.63) is 17.8 Å². The fourth-order valence-corrected chi connectivity index (χ4v) is 5.53. The van der Waals surface area contributed by atoms with Gasteiger partial charge in [0.1, 0.15) is 16.3 Å². The summed E-state index contributed by atoms with van der Waals surface area (Å²) < 4.78 is 61.6. The molecule has 188 valence electrons. The summed E-state index contributed by atoms with van der Waals surface area (Å²) in [6.07, 6.45) is -1.64. The molecule has 1 spiro atoms. The first kappa shape index (κ1) is 25.5. The van der Waals surface area contributed by atoms with Crippen LogP contribution in [0.15, 0.2) is 17.2 Å². The van der Waals surface area contributed by atoms with Gasteiger partial charge in [0.15, 0.2) is 5.49 Å². The zero-order chi connectivity index (χ0) is 24.7. The topological polar surface area (TPSA) is 127 Å². The number of pyridine rings is 1. The number of rotatable bonds is 8. The molecule has 1 aliphatic carbocycles. The fourth-order valence-electron chi connectivity index (χ4n) is 3.98. The summed E-state index contributed by atoms with van der Waals surface area (Å²) in [7, 11) is 0. The first-order valence-electron chi connectivity index (χ1n) is 10.8. The van der Waals surface area contributed by atoms with Gasteiger partial charge in [-0.05, 0) is 43.7 Å². The molecule has 3 heterocycles. The van der Waals surface area contributed by atoms with Crippen molar-refractivity contribution in [2.24, 2.45) is 11.1 Å². The van der Waals surface area contributed by atoms with Gasteiger partial charge in [-0.1, -0.05) is 11.8 Å². The molecule has 1 aromatic heterocycles. The Labute approximate surface area is 202 Å². The molecule has 1 saturated carbocycles. The van der Waals surface area contributed by atoms with E-state index in [1.54, 1.807) is 6.07 Å². The third kappa shape index (κ3) is 5.15. The highest BCUT2D eigenvalue weighted by Gasteiger charge is 2.51. The highest BCUT2D eigenvalue weighted by Crippen LogP contribution is 2.44. The van der Waals surface area contributed by atoms with Crippen molar-refractivity contribution in [1.29, 1.82) is 16.2 Å². The maximum Gasteiger partial charge on any atom is 0.285 e.